The van der Waals surface area contributed by atoms with Crippen LogP contribution in [0.25, 0.3) is 0 Å². The summed E-state index contributed by atoms with van der Waals surface area (Å²) < 4.78 is 17.9. The number of halogens is 1. The second-order valence-corrected chi connectivity index (χ2v) is 3.49. The van der Waals surface area contributed by atoms with Gasteiger partial charge >= 0.3 is 5.97 Å². The van der Waals surface area contributed by atoms with E-state index in [1.807, 2.05) is 0 Å². The molecule has 0 bridgehead atoms. The summed E-state index contributed by atoms with van der Waals surface area (Å²) in [5.74, 6) is -1.86. The van der Waals surface area contributed by atoms with Crippen LogP contribution in [0.5, 0.6) is 0 Å². The molecule has 0 saturated heterocycles. The van der Waals surface area contributed by atoms with Gasteiger partial charge in [-0.2, -0.15) is 5.26 Å². The Morgan fingerprint density at radius 3 is 2.78 bits per heavy atom. The van der Waals surface area contributed by atoms with Crippen molar-refractivity contribution in [2.75, 3.05) is 6.61 Å². The molecule has 6 heteroatoms. The Balaban J connectivity index is 2.99. The fourth-order valence-corrected chi connectivity index (χ4v) is 1.37. The lowest BCUT2D eigenvalue weighted by Crippen LogP contribution is -2.30. The summed E-state index contributed by atoms with van der Waals surface area (Å²) in [6, 6.07) is 5.04. The van der Waals surface area contributed by atoms with Crippen molar-refractivity contribution in [3.8, 4) is 6.07 Å². The summed E-state index contributed by atoms with van der Waals surface area (Å²) >= 11 is 0. The third-order valence-electron chi connectivity index (χ3n) is 2.27. The minimum atomic E-state index is -1.90. The summed E-state index contributed by atoms with van der Waals surface area (Å²) in [6.45, 7) is 1.57. The van der Waals surface area contributed by atoms with Crippen molar-refractivity contribution in [1.29, 1.82) is 5.26 Å². The molecular formula is C12H12FNO4. The molecule has 2 unspecified atom stereocenters. The van der Waals surface area contributed by atoms with Crippen LogP contribution in [-0.4, -0.2) is 28.9 Å². The first-order chi connectivity index (χ1) is 8.51. The van der Waals surface area contributed by atoms with E-state index >= 15 is 0 Å². The molecule has 0 spiro atoms. The van der Waals surface area contributed by atoms with Gasteiger partial charge in [0.05, 0.1) is 18.2 Å². The topological polar surface area (TPSA) is 90.6 Å². The number of hydrogen-bond donors (Lipinski definition) is 2. The zero-order valence-corrected chi connectivity index (χ0v) is 9.63. The number of carbonyl (C=O) groups excluding carboxylic acids is 1. The summed E-state index contributed by atoms with van der Waals surface area (Å²) in [5, 5.41) is 27.8. The third kappa shape index (κ3) is 3.03. The fraction of sp³-hybridized carbons (Fsp3) is 0.333. The molecule has 1 aromatic carbocycles. The van der Waals surface area contributed by atoms with Gasteiger partial charge in [-0.25, -0.2) is 9.18 Å². The van der Waals surface area contributed by atoms with Crippen LogP contribution in [-0.2, 0) is 9.53 Å². The molecular weight excluding hydrogens is 241 g/mol. The molecule has 0 aliphatic rings. The molecule has 5 nitrogen and oxygen atoms in total. The van der Waals surface area contributed by atoms with Crippen molar-refractivity contribution in [2.45, 2.75) is 19.1 Å². The monoisotopic (exact) mass is 253 g/mol. The van der Waals surface area contributed by atoms with E-state index in [1.165, 1.54) is 13.0 Å². The molecule has 96 valence electrons. The van der Waals surface area contributed by atoms with Gasteiger partial charge in [0.1, 0.15) is 11.9 Å². The van der Waals surface area contributed by atoms with Gasteiger partial charge in [-0.05, 0) is 25.1 Å². The Kier molecular flexibility index (Phi) is 4.77. The molecule has 0 amide bonds. The van der Waals surface area contributed by atoms with Crippen molar-refractivity contribution < 1.29 is 24.1 Å². The number of carbonyl (C=O) groups is 1. The normalized spacial score (nSPS) is 13.5. The van der Waals surface area contributed by atoms with Crippen molar-refractivity contribution in [2.24, 2.45) is 0 Å². The molecule has 0 heterocycles. The van der Waals surface area contributed by atoms with Gasteiger partial charge in [0.2, 0.25) is 0 Å². The number of ether oxygens (including phenoxy) is 1. The molecule has 2 atom stereocenters. The Bertz CT molecular complexity index is 483. The quantitative estimate of drug-likeness (QED) is 0.769. The Morgan fingerprint density at radius 1 is 1.56 bits per heavy atom. The van der Waals surface area contributed by atoms with Crippen LogP contribution in [0.1, 0.15) is 24.2 Å². The van der Waals surface area contributed by atoms with Crippen LogP contribution in [0.2, 0.25) is 0 Å². The second kappa shape index (κ2) is 6.10. The summed E-state index contributed by atoms with van der Waals surface area (Å²) in [6.07, 6.45) is -3.68. The largest absolute Gasteiger partial charge is 0.464 e. The predicted octanol–water partition coefficient (Wildman–Crippen LogP) is 0.655. The van der Waals surface area contributed by atoms with Crippen LogP contribution in [0.3, 0.4) is 0 Å². The molecule has 0 aromatic heterocycles. The van der Waals surface area contributed by atoms with Crippen molar-refractivity contribution in [3.63, 3.8) is 0 Å². The van der Waals surface area contributed by atoms with Gasteiger partial charge in [-0.3, -0.25) is 0 Å². The molecule has 1 rings (SSSR count). The number of esters is 1. The number of hydrogen-bond acceptors (Lipinski definition) is 5. The minimum Gasteiger partial charge on any atom is -0.464 e. The number of nitriles is 1. The predicted molar refractivity (Wildman–Crippen MR) is 58.7 cm³/mol. The van der Waals surface area contributed by atoms with Crippen molar-refractivity contribution >= 4 is 5.97 Å². The maximum absolute atomic E-state index is 13.4. The number of rotatable bonds is 4. The van der Waals surface area contributed by atoms with Crippen LogP contribution < -0.4 is 0 Å². The first kappa shape index (κ1) is 14.1. The van der Waals surface area contributed by atoms with Gasteiger partial charge in [0.15, 0.2) is 6.10 Å². The second-order valence-electron chi connectivity index (χ2n) is 3.49. The average Bonchev–Trinajstić information content (AvgIpc) is 2.38. The highest BCUT2D eigenvalue weighted by atomic mass is 19.1. The lowest BCUT2D eigenvalue weighted by atomic mass is 10.0. The molecule has 1 aromatic rings. The summed E-state index contributed by atoms with van der Waals surface area (Å²) in [5.41, 5.74) is -0.212. The SMILES string of the molecule is CCOC(=O)C(O)C(O)c1cc(C#N)ccc1F. The van der Waals surface area contributed by atoms with Gasteiger partial charge in [-0.15, -0.1) is 0 Å². The molecule has 0 aliphatic carbocycles. The van der Waals surface area contributed by atoms with Gasteiger partial charge < -0.3 is 14.9 Å². The highest BCUT2D eigenvalue weighted by Crippen LogP contribution is 2.22. The van der Waals surface area contributed by atoms with Crippen LogP contribution >= 0.6 is 0 Å². The number of aliphatic hydroxyl groups excluding tert-OH is 2. The average molecular weight is 253 g/mol. The number of nitrogens with zero attached hydrogens (tertiary/aromatic N) is 1. The van der Waals surface area contributed by atoms with E-state index in [4.69, 9.17) is 5.26 Å². The number of aliphatic hydroxyl groups is 2. The van der Waals surface area contributed by atoms with E-state index in [2.05, 4.69) is 4.74 Å². The summed E-state index contributed by atoms with van der Waals surface area (Å²) in [4.78, 5) is 11.2. The van der Waals surface area contributed by atoms with E-state index in [-0.39, 0.29) is 17.7 Å². The van der Waals surface area contributed by atoms with E-state index in [9.17, 15) is 19.4 Å². The molecule has 0 radical (unpaired) electrons. The van der Waals surface area contributed by atoms with Gasteiger partial charge in [0, 0.05) is 5.56 Å². The maximum atomic E-state index is 13.4. The lowest BCUT2D eigenvalue weighted by Gasteiger charge is -2.17. The van der Waals surface area contributed by atoms with Crippen LogP contribution in [0.15, 0.2) is 18.2 Å². The van der Waals surface area contributed by atoms with Gasteiger partial charge in [0.25, 0.3) is 0 Å². The minimum absolute atomic E-state index is 0.0311. The first-order valence-electron chi connectivity index (χ1n) is 5.23. The molecule has 0 saturated carbocycles. The lowest BCUT2D eigenvalue weighted by molar-refractivity contribution is -0.159. The van der Waals surface area contributed by atoms with Gasteiger partial charge in [-0.1, -0.05) is 0 Å². The van der Waals surface area contributed by atoms with E-state index in [0.717, 1.165) is 12.1 Å². The highest BCUT2D eigenvalue weighted by molar-refractivity contribution is 5.75. The zero-order valence-electron chi connectivity index (χ0n) is 9.63. The molecule has 0 fully saturated rings. The Morgan fingerprint density at radius 2 is 2.22 bits per heavy atom. The third-order valence-corrected chi connectivity index (χ3v) is 2.27. The van der Waals surface area contributed by atoms with Crippen molar-refractivity contribution in [3.05, 3.63) is 35.1 Å². The Hall–Kier alpha value is -1.97. The van der Waals surface area contributed by atoms with Crippen LogP contribution in [0, 0.1) is 17.1 Å². The molecule has 2 N–H and O–H groups in total. The standard InChI is InChI=1S/C12H12FNO4/c1-2-18-12(17)11(16)10(15)8-5-7(6-14)3-4-9(8)13/h3-5,10-11,15-16H,2H2,1H3. The summed E-state index contributed by atoms with van der Waals surface area (Å²) in [7, 11) is 0. The smallest absolute Gasteiger partial charge is 0.338 e. The maximum Gasteiger partial charge on any atom is 0.338 e. The van der Waals surface area contributed by atoms with E-state index in [0.29, 0.717) is 0 Å². The molecule has 0 aliphatic heterocycles. The zero-order chi connectivity index (χ0) is 13.7. The van der Waals surface area contributed by atoms with E-state index in [1.54, 1.807) is 6.07 Å². The highest BCUT2D eigenvalue weighted by Gasteiger charge is 2.29. The van der Waals surface area contributed by atoms with E-state index < -0.39 is 24.0 Å². The fourth-order valence-electron chi connectivity index (χ4n) is 1.37. The number of benzene rings is 1. The molecule has 18 heavy (non-hydrogen) atoms. The first-order valence-corrected chi connectivity index (χ1v) is 5.23. The Labute approximate surface area is 103 Å². The van der Waals surface area contributed by atoms with Crippen molar-refractivity contribution in [1.82, 2.24) is 0 Å². The van der Waals surface area contributed by atoms with Crippen LogP contribution in [0.4, 0.5) is 4.39 Å².